The van der Waals surface area contributed by atoms with Gasteiger partial charge in [0, 0.05) is 11.4 Å². The van der Waals surface area contributed by atoms with Crippen molar-refractivity contribution in [3.63, 3.8) is 0 Å². The zero-order valence-corrected chi connectivity index (χ0v) is 15.9. The maximum Gasteiger partial charge on any atom is 0.252 e. The van der Waals surface area contributed by atoms with E-state index in [0.29, 0.717) is 12.0 Å². The largest absolute Gasteiger partial charge is 0.348 e. The summed E-state index contributed by atoms with van der Waals surface area (Å²) < 4.78 is 23.3. The highest BCUT2D eigenvalue weighted by atomic mass is 32.2. The summed E-state index contributed by atoms with van der Waals surface area (Å²) in [6, 6.07) is 11.2. The third-order valence-corrected chi connectivity index (χ3v) is 7.21. The molecule has 3 heterocycles. The van der Waals surface area contributed by atoms with Gasteiger partial charge in [-0.3, -0.25) is 4.79 Å². The molecule has 0 aliphatic carbocycles. The van der Waals surface area contributed by atoms with Crippen molar-refractivity contribution in [2.75, 3.05) is 11.5 Å². The van der Waals surface area contributed by atoms with Gasteiger partial charge in [0.25, 0.3) is 5.91 Å². The number of nitrogens with zero attached hydrogens (tertiary/aromatic N) is 1. The Kier molecular flexibility index (Phi) is 4.28. The molecule has 0 radical (unpaired) electrons. The minimum Gasteiger partial charge on any atom is -0.348 e. The number of hydrogen-bond donors (Lipinski definition) is 1. The highest BCUT2D eigenvalue weighted by Crippen LogP contribution is 2.28. The van der Waals surface area contributed by atoms with Gasteiger partial charge in [0.1, 0.15) is 0 Å². The summed E-state index contributed by atoms with van der Waals surface area (Å²) in [6.45, 7) is 1.97. The van der Waals surface area contributed by atoms with E-state index in [1.54, 1.807) is 17.4 Å². The fraction of sp³-hybridized carbons (Fsp3) is 0.263. The number of rotatable bonds is 3. The van der Waals surface area contributed by atoms with Gasteiger partial charge in [-0.15, -0.1) is 11.3 Å². The van der Waals surface area contributed by atoms with E-state index >= 15 is 0 Å². The summed E-state index contributed by atoms with van der Waals surface area (Å²) in [7, 11) is -3.04. The molecule has 1 N–H and O–H groups in total. The second kappa shape index (κ2) is 6.48. The molecule has 3 aromatic rings. The number of nitrogens with one attached hydrogen (secondary N) is 1. The van der Waals surface area contributed by atoms with Crippen molar-refractivity contribution in [1.29, 1.82) is 0 Å². The average Bonchev–Trinajstić information content (AvgIpc) is 3.23. The Bertz CT molecular complexity index is 1090. The normalized spacial score (nSPS) is 18.9. The fourth-order valence-electron chi connectivity index (χ4n) is 3.25. The van der Waals surface area contributed by atoms with Crippen molar-refractivity contribution in [3.05, 3.63) is 52.9 Å². The number of amides is 1. The van der Waals surface area contributed by atoms with E-state index in [9.17, 15) is 13.2 Å². The maximum absolute atomic E-state index is 12.9. The number of aromatic nitrogens is 1. The minimum absolute atomic E-state index is 0.0125. The van der Waals surface area contributed by atoms with E-state index in [0.717, 1.165) is 27.0 Å². The molecule has 2 aromatic heterocycles. The van der Waals surface area contributed by atoms with Crippen LogP contribution < -0.4 is 5.32 Å². The zero-order valence-electron chi connectivity index (χ0n) is 14.2. The lowest BCUT2D eigenvalue weighted by Gasteiger charge is -2.14. The summed E-state index contributed by atoms with van der Waals surface area (Å²) in [5, 5.41) is 5.65. The maximum atomic E-state index is 12.9. The standard InChI is InChI=1S/C19H18N2O3S2/c1-12-4-5-16-14(9-12)15(10-17(21-16)18-3-2-7-25-18)19(22)20-13-6-8-26(23,24)11-13/h2-5,7,9-10,13H,6,8,11H2,1H3,(H,20,22). The monoisotopic (exact) mass is 386 g/mol. The second-order valence-electron chi connectivity index (χ2n) is 6.63. The highest BCUT2D eigenvalue weighted by molar-refractivity contribution is 7.91. The number of hydrogen-bond acceptors (Lipinski definition) is 5. The molecule has 1 aromatic carbocycles. The third-order valence-electron chi connectivity index (χ3n) is 4.55. The molecule has 7 heteroatoms. The van der Waals surface area contributed by atoms with Gasteiger partial charge in [0.15, 0.2) is 9.84 Å². The fourth-order valence-corrected chi connectivity index (χ4v) is 5.61. The van der Waals surface area contributed by atoms with Crippen molar-refractivity contribution in [3.8, 4) is 10.6 Å². The Balaban J connectivity index is 1.76. The molecule has 1 amide bonds. The van der Waals surface area contributed by atoms with Gasteiger partial charge in [0.05, 0.1) is 33.2 Å². The van der Waals surface area contributed by atoms with Gasteiger partial charge >= 0.3 is 0 Å². The summed E-state index contributed by atoms with van der Waals surface area (Å²) in [5.41, 5.74) is 3.08. The first kappa shape index (κ1) is 17.2. The van der Waals surface area contributed by atoms with E-state index in [2.05, 4.69) is 5.32 Å². The minimum atomic E-state index is -3.04. The third kappa shape index (κ3) is 3.37. The number of fused-ring (bicyclic) bond motifs is 1. The molecule has 1 aliphatic heterocycles. The van der Waals surface area contributed by atoms with Crippen molar-refractivity contribution >= 4 is 38.0 Å². The lowest BCUT2D eigenvalue weighted by Crippen LogP contribution is -2.35. The molecule has 1 fully saturated rings. The van der Waals surface area contributed by atoms with E-state index in [1.165, 1.54) is 0 Å². The van der Waals surface area contributed by atoms with Gasteiger partial charge in [-0.1, -0.05) is 17.7 Å². The van der Waals surface area contributed by atoms with Gasteiger partial charge in [-0.25, -0.2) is 13.4 Å². The van der Waals surface area contributed by atoms with Gasteiger partial charge in [0.2, 0.25) is 0 Å². The van der Waals surface area contributed by atoms with Gasteiger partial charge in [-0.05, 0) is 43.0 Å². The van der Waals surface area contributed by atoms with Crippen molar-refractivity contribution in [2.45, 2.75) is 19.4 Å². The highest BCUT2D eigenvalue weighted by Gasteiger charge is 2.29. The first-order chi connectivity index (χ1) is 12.4. The Morgan fingerprint density at radius 1 is 1.27 bits per heavy atom. The van der Waals surface area contributed by atoms with Crippen LogP contribution in [0.3, 0.4) is 0 Å². The van der Waals surface area contributed by atoms with Crippen LogP contribution in [-0.4, -0.2) is 36.9 Å². The molecule has 0 saturated carbocycles. The molecule has 0 spiro atoms. The Morgan fingerprint density at radius 3 is 2.81 bits per heavy atom. The molecule has 1 unspecified atom stereocenters. The lowest BCUT2D eigenvalue weighted by atomic mass is 10.0. The summed E-state index contributed by atoms with van der Waals surface area (Å²) in [5.74, 6) is -0.101. The Morgan fingerprint density at radius 2 is 2.12 bits per heavy atom. The smallest absolute Gasteiger partial charge is 0.252 e. The Hall–Kier alpha value is -2.25. The first-order valence-electron chi connectivity index (χ1n) is 8.38. The number of benzene rings is 1. The number of thiophene rings is 1. The van der Waals surface area contributed by atoms with Crippen LogP contribution in [0.1, 0.15) is 22.3 Å². The van der Waals surface area contributed by atoms with Crippen molar-refractivity contribution in [1.82, 2.24) is 10.3 Å². The first-order valence-corrected chi connectivity index (χ1v) is 11.1. The molecule has 1 saturated heterocycles. The molecule has 134 valence electrons. The van der Waals surface area contributed by atoms with Crippen LogP contribution >= 0.6 is 11.3 Å². The summed E-state index contributed by atoms with van der Waals surface area (Å²) >= 11 is 1.57. The van der Waals surface area contributed by atoms with Gasteiger partial charge < -0.3 is 5.32 Å². The van der Waals surface area contributed by atoms with Crippen LogP contribution in [0.5, 0.6) is 0 Å². The summed E-state index contributed by atoms with van der Waals surface area (Å²) in [4.78, 5) is 18.6. The Labute approximate surface area is 156 Å². The molecule has 1 atom stereocenters. The van der Waals surface area contributed by atoms with Crippen LogP contribution in [0.4, 0.5) is 0 Å². The lowest BCUT2D eigenvalue weighted by molar-refractivity contribution is 0.0943. The predicted octanol–water partition coefficient (Wildman–Crippen LogP) is 3.19. The molecular formula is C19H18N2O3S2. The second-order valence-corrected chi connectivity index (χ2v) is 9.80. The zero-order chi connectivity index (χ0) is 18.3. The summed E-state index contributed by atoms with van der Waals surface area (Å²) in [6.07, 6.45) is 0.466. The van der Waals surface area contributed by atoms with Gasteiger partial charge in [-0.2, -0.15) is 0 Å². The average molecular weight is 386 g/mol. The molecule has 5 nitrogen and oxygen atoms in total. The SMILES string of the molecule is Cc1ccc2nc(-c3cccs3)cc(C(=O)NC3CCS(=O)(=O)C3)c2c1. The number of carbonyl (C=O) groups excluding carboxylic acids is 1. The van der Waals surface area contributed by atoms with Crippen LogP contribution in [0.25, 0.3) is 21.5 Å². The van der Waals surface area contributed by atoms with Crippen LogP contribution in [0, 0.1) is 6.92 Å². The van der Waals surface area contributed by atoms with Crippen LogP contribution in [0.15, 0.2) is 41.8 Å². The van der Waals surface area contributed by atoms with E-state index in [1.807, 2.05) is 42.6 Å². The van der Waals surface area contributed by atoms with E-state index in [-0.39, 0.29) is 23.5 Å². The van der Waals surface area contributed by atoms with Crippen LogP contribution in [0.2, 0.25) is 0 Å². The van der Waals surface area contributed by atoms with Crippen molar-refractivity contribution in [2.24, 2.45) is 0 Å². The molecule has 4 rings (SSSR count). The molecular weight excluding hydrogens is 368 g/mol. The quantitative estimate of drug-likeness (QED) is 0.750. The van der Waals surface area contributed by atoms with Crippen molar-refractivity contribution < 1.29 is 13.2 Å². The number of pyridine rings is 1. The number of sulfone groups is 1. The van der Waals surface area contributed by atoms with E-state index < -0.39 is 9.84 Å². The molecule has 0 bridgehead atoms. The molecule has 26 heavy (non-hydrogen) atoms. The van der Waals surface area contributed by atoms with Crippen LogP contribution in [-0.2, 0) is 9.84 Å². The van der Waals surface area contributed by atoms with E-state index in [4.69, 9.17) is 4.98 Å². The predicted molar refractivity (Wildman–Crippen MR) is 104 cm³/mol. The number of carbonyl (C=O) groups is 1. The molecule has 1 aliphatic rings. The number of aryl methyl sites for hydroxylation is 1. The topological polar surface area (TPSA) is 76.1 Å².